The first-order chi connectivity index (χ1) is 14.6. The first-order valence-corrected chi connectivity index (χ1v) is 12.2. The Kier molecular flexibility index (Phi) is 7.32. The highest BCUT2D eigenvalue weighted by Crippen LogP contribution is 2.40. The molecule has 2 fully saturated rings. The van der Waals surface area contributed by atoms with Crippen LogP contribution in [0.15, 0.2) is 29.2 Å². The van der Waals surface area contributed by atoms with E-state index in [1.54, 1.807) is 7.05 Å². The fraction of sp³-hybridized carbons (Fsp3) is 0.667. The highest BCUT2D eigenvalue weighted by atomic mass is 32.2. The Balaban J connectivity index is 1.66. The van der Waals surface area contributed by atoms with E-state index in [1.807, 2.05) is 0 Å². The standard InChI is InChI=1S/C21H30F3N3O3S/c1-3-4-5-19(25-2)20(28)26-18-11-6-14-12-27(13-17(14)18)31(29,30)16-9-7-15(8-10-16)21(22,23)24/h7-10,14,17-19,25H,3-6,11-13H2,1-2H3,(H,26,28)/t14-,17+,18+,19+/m1/s1. The number of nitrogens with one attached hydrogen (secondary N) is 2. The summed E-state index contributed by atoms with van der Waals surface area (Å²) in [5.41, 5.74) is -0.880. The van der Waals surface area contributed by atoms with Gasteiger partial charge in [0.15, 0.2) is 0 Å². The number of amides is 1. The molecule has 10 heteroatoms. The van der Waals surface area contributed by atoms with Crippen molar-refractivity contribution in [1.29, 1.82) is 0 Å². The van der Waals surface area contributed by atoms with Crippen LogP contribution >= 0.6 is 0 Å². The minimum Gasteiger partial charge on any atom is -0.352 e. The molecule has 6 nitrogen and oxygen atoms in total. The smallest absolute Gasteiger partial charge is 0.352 e. The molecule has 174 valence electrons. The summed E-state index contributed by atoms with van der Waals surface area (Å²) in [5.74, 6) is 0.0840. The molecule has 1 heterocycles. The van der Waals surface area contributed by atoms with Crippen LogP contribution in [0.2, 0.25) is 0 Å². The number of carbonyl (C=O) groups excluding carboxylic acids is 1. The quantitative estimate of drug-likeness (QED) is 0.624. The van der Waals surface area contributed by atoms with E-state index < -0.39 is 21.8 Å². The van der Waals surface area contributed by atoms with E-state index in [2.05, 4.69) is 17.6 Å². The molecule has 1 saturated carbocycles. The molecular formula is C21H30F3N3O3S. The van der Waals surface area contributed by atoms with Crippen LogP contribution in [0.25, 0.3) is 0 Å². The minimum absolute atomic E-state index is 0.0110. The van der Waals surface area contributed by atoms with Gasteiger partial charge in [-0.15, -0.1) is 0 Å². The number of carbonyl (C=O) groups is 1. The van der Waals surface area contributed by atoms with Gasteiger partial charge in [-0.2, -0.15) is 17.5 Å². The summed E-state index contributed by atoms with van der Waals surface area (Å²) in [5, 5.41) is 6.14. The van der Waals surface area contributed by atoms with Gasteiger partial charge in [0.05, 0.1) is 16.5 Å². The molecule has 1 aromatic carbocycles. The van der Waals surface area contributed by atoms with Gasteiger partial charge in [-0.25, -0.2) is 8.42 Å². The van der Waals surface area contributed by atoms with Gasteiger partial charge >= 0.3 is 6.18 Å². The topological polar surface area (TPSA) is 78.5 Å². The number of hydrogen-bond donors (Lipinski definition) is 2. The third kappa shape index (κ3) is 5.23. The lowest BCUT2D eigenvalue weighted by Gasteiger charge is -2.24. The summed E-state index contributed by atoms with van der Waals surface area (Å²) in [7, 11) is -2.13. The second-order valence-electron chi connectivity index (χ2n) is 8.44. The first-order valence-electron chi connectivity index (χ1n) is 10.7. The Morgan fingerprint density at radius 1 is 1.19 bits per heavy atom. The fourth-order valence-electron chi connectivity index (χ4n) is 4.66. The number of rotatable bonds is 8. The van der Waals surface area contributed by atoms with Gasteiger partial charge in [0, 0.05) is 19.1 Å². The lowest BCUT2D eigenvalue weighted by atomic mass is 9.97. The lowest BCUT2D eigenvalue weighted by molar-refractivity contribution is -0.137. The van der Waals surface area contributed by atoms with Crippen LogP contribution in [0.3, 0.4) is 0 Å². The van der Waals surface area contributed by atoms with Crippen LogP contribution in [0, 0.1) is 11.8 Å². The molecule has 0 unspecified atom stereocenters. The molecule has 1 amide bonds. The van der Waals surface area contributed by atoms with Crippen molar-refractivity contribution in [2.45, 2.75) is 62.2 Å². The van der Waals surface area contributed by atoms with E-state index in [-0.39, 0.29) is 41.3 Å². The van der Waals surface area contributed by atoms with Crippen LogP contribution in [0.5, 0.6) is 0 Å². The Morgan fingerprint density at radius 2 is 1.87 bits per heavy atom. The van der Waals surface area contributed by atoms with Crippen LogP contribution in [0.1, 0.15) is 44.6 Å². The summed E-state index contributed by atoms with van der Waals surface area (Å²) < 4.78 is 65.6. The van der Waals surface area contributed by atoms with E-state index in [4.69, 9.17) is 0 Å². The highest BCUT2D eigenvalue weighted by molar-refractivity contribution is 7.89. The van der Waals surface area contributed by atoms with Crippen molar-refractivity contribution in [2.75, 3.05) is 20.1 Å². The van der Waals surface area contributed by atoms with Crippen molar-refractivity contribution in [2.24, 2.45) is 11.8 Å². The van der Waals surface area contributed by atoms with Crippen LogP contribution in [0.4, 0.5) is 13.2 Å². The maximum absolute atomic E-state index is 13.0. The molecule has 0 aromatic heterocycles. The molecule has 3 rings (SSSR count). The number of sulfonamides is 1. The number of nitrogens with zero attached hydrogens (tertiary/aromatic N) is 1. The zero-order valence-corrected chi connectivity index (χ0v) is 18.6. The lowest BCUT2D eigenvalue weighted by Crippen LogP contribution is -2.48. The van der Waals surface area contributed by atoms with E-state index >= 15 is 0 Å². The zero-order chi connectivity index (χ0) is 22.8. The van der Waals surface area contributed by atoms with Crippen LogP contribution in [-0.4, -0.2) is 50.9 Å². The van der Waals surface area contributed by atoms with Gasteiger partial charge in [0.1, 0.15) is 0 Å². The molecule has 1 aromatic rings. The Bertz CT molecular complexity index is 874. The number of halogens is 3. The van der Waals surface area contributed by atoms with Crippen molar-refractivity contribution < 1.29 is 26.4 Å². The van der Waals surface area contributed by atoms with Crippen molar-refractivity contribution in [3.05, 3.63) is 29.8 Å². The highest BCUT2D eigenvalue weighted by Gasteiger charge is 2.47. The zero-order valence-electron chi connectivity index (χ0n) is 17.8. The number of hydrogen-bond acceptors (Lipinski definition) is 4. The molecule has 1 aliphatic heterocycles. The third-order valence-electron chi connectivity index (χ3n) is 6.48. The maximum atomic E-state index is 13.0. The summed E-state index contributed by atoms with van der Waals surface area (Å²) in [6.45, 7) is 2.65. The number of unbranched alkanes of at least 4 members (excludes halogenated alkanes) is 1. The number of alkyl halides is 3. The minimum atomic E-state index is -4.51. The number of likely N-dealkylation sites (N-methyl/N-ethyl adjacent to an activating group) is 1. The molecule has 31 heavy (non-hydrogen) atoms. The average Bonchev–Trinajstić information content (AvgIpc) is 3.30. The van der Waals surface area contributed by atoms with Gasteiger partial charge in [0.2, 0.25) is 15.9 Å². The second kappa shape index (κ2) is 9.46. The van der Waals surface area contributed by atoms with Crippen LogP contribution in [-0.2, 0) is 21.0 Å². The third-order valence-corrected chi connectivity index (χ3v) is 8.33. The molecule has 1 saturated heterocycles. The number of fused-ring (bicyclic) bond motifs is 1. The predicted octanol–water partition coefficient (Wildman–Crippen LogP) is 3.00. The monoisotopic (exact) mass is 461 g/mol. The molecule has 0 radical (unpaired) electrons. The average molecular weight is 462 g/mol. The normalized spacial score (nSPS) is 25.4. The fourth-order valence-corrected chi connectivity index (χ4v) is 6.20. The van der Waals surface area contributed by atoms with Gasteiger partial charge in [-0.05, 0) is 62.4 Å². The SMILES string of the molecule is CCCC[C@H](NC)C(=O)N[C@H]1CC[C@@H]2CN(S(=O)(=O)c3ccc(C(F)(F)F)cc3)C[C@@H]21. The Morgan fingerprint density at radius 3 is 2.45 bits per heavy atom. The van der Waals surface area contributed by atoms with E-state index in [0.717, 1.165) is 56.4 Å². The van der Waals surface area contributed by atoms with Gasteiger partial charge in [-0.3, -0.25) is 4.79 Å². The van der Waals surface area contributed by atoms with Gasteiger partial charge in [0.25, 0.3) is 0 Å². The molecule has 2 N–H and O–H groups in total. The molecule has 2 aliphatic rings. The Hall–Kier alpha value is -1.65. The summed E-state index contributed by atoms with van der Waals surface area (Å²) in [6.07, 6.45) is -0.215. The van der Waals surface area contributed by atoms with Crippen LogP contribution < -0.4 is 10.6 Å². The van der Waals surface area contributed by atoms with Crippen molar-refractivity contribution >= 4 is 15.9 Å². The second-order valence-corrected chi connectivity index (χ2v) is 10.4. The van der Waals surface area contributed by atoms with Crippen molar-refractivity contribution in [3.8, 4) is 0 Å². The first kappa shape index (κ1) is 24.0. The maximum Gasteiger partial charge on any atom is 0.416 e. The molecule has 1 aliphatic carbocycles. The van der Waals surface area contributed by atoms with Crippen molar-refractivity contribution in [3.63, 3.8) is 0 Å². The van der Waals surface area contributed by atoms with E-state index in [1.165, 1.54) is 4.31 Å². The summed E-state index contributed by atoms with van der Waals surface area (Å²) in [4.78, 5) is 12.5. The van der Waals surface area contributed by atoms with Gasteiger partial charge < -0.3 is 10.6 Å². The van der Waals surface area contributed by atoms with E-state index in [9.17, 15) is 26.4 Å². The molecule has 0 spiro atoms. The molecule has 4 atom stereocenters. The van der Waals surface area contributed by atoms with Crippen molar-refractivity contribution in [1.82, 2.24) is 14.9 Å². The summed E-state index contributed by atoms with van der Waals surface area (Å²) >= 11 is 0. The summed E-state index contributed by atoms with van der Waals surface area (Å²) in [6, 6.07) is 3.24. The predicted molar refractivity (Wildman–Crippen MR) is 111 cm³/mol. The van der Waals surface area contributed by atoms with Gasteiger partial charge in [-0.1, -0.05) is 19.8 Å². The molecular weight excluding hydrogens is 431 g/mol. The molecule has 0 bridgehead atoms. The Labute approximate surface area is 181 Å². The number of benzene rings is 1. The largest absolute Gasteiger partial charge is 0.416 e. The van der Waals surface area contributed by atoms with E-state index in [0.29, 0.717) is 6.54 Å².